The molecule has 0 saturated heterocycles. The fraction of sp³-hybridized carbons (Fsp3) is 0.421. The monoisotopic (exact) mass is 343 g/mol. The Morgan fingerprint density at radius 3 is 2.40 bits per heavy atom. The standard InChI is InChI=1S/C19H25N3O3/c1-18(2,14-8-6-5-7-9-14)11-10-16(23)21-15-12-20-22(13-15)19(3,4)17(24)25/h5-9,12-13H,10-11H2,1-4H3,(H,21,23)(H,24,25). The molecule has 25 heavy (non-hydrogen) atoms. The lowest BCUT2D eigenvalue weighted by Gasteiger charge is -2.25. The molecule has 1 aromatic carbocycles. The van der Waals surface area contributed by atoms with E-state index in [-0.39, 0.29) is 11.3 Å². The van der Waals surface area contributed by atoms with Gasteiger partial charge < -0.3 is 10.4 Å². The van der Waals surface area contributed by atoms with Crippen molar-refractivity contribution in [2.75, 3.05) is 5.32 Å². The van der Waals surface area contributed by atoms with Crippen molar-refractivity contribution in [2.24, 2.45) is 0 Å². The van der Waals surface area contributed by atoms with Crippen molar-refractivity contribution in [1.82, 2.24) is 9.78 Å². The van der Waals surface area contributed by atoms with Gasteiger partial charge in [-0.05, 0) is 31.2 Å². The quantitative estimate of drug-likeness (QED) is 0.807. The van der Waals surface area contributed by atoms with Gasteiger partial charge in [0.1, 0.15) is 0 Å². The van der Waals surface area contributed by atoms with Crippen molar-refractivity contribution in [3.05, 3.63) is 48.3 Å². The molecule has 6 nitrogen and oxygen atoms in total. The van der Waals surface area contributed by atoms with E-state index in [1.165, 1.54) is 22.6 Å². The summed E-state index contributed by atoms with van der Waals surface area (Å²) in [6, 6.07) is 10.1. The van der Waals surface area contributed by atoms with Crippen LogP contribution in [0.15, 0.2) is 42.7 Å². The lowest BCUT2D eigenvalue weighted by Crippen LogP contribution is -2.35. The second-order valence-corrected chi connectivity index (χ2v) is 7.34. The zero-order valence-electron chi connectivity index (χ0n) is 15.1. The van der Waals surface area contributed by atoms with Crippen LogP contribution in [0.3, 0.4) is 0 Å². The highest BCUT2D eigenvalue weighted by Gasteiger charge is 2.30. The van der Waals surface area contributed by atoms with E-state index in [4.69, 9.17) is 0 Å². The van der Waals surface area contributed by atoms with Crippen molar-refractivity contribution in [3.63, 3.8) is 0 Å². The second-order valence-electron chi connectivity index (χ2n) is 7.34. The summed E-state index contributed by atoms with van der Waals surface area (Å²) in [5.41, 5.74) is 0.419. The van der Waals surface area contributed by atoms with Crippen LogP contribution >= 0.6 is 0 Å². The summed E-state index contributed by atoms with van der Waals surface area (Å²) in [6.07, 6.45) is 4.08. The van der Waals surface area contributed by atoms with Crippen molar-refractivity contribution >= 4 is 17.6 Å². The number of amides is 1. The number of carbonyl (C=O) groups excluding carboxylic acids is 1. The van der Waals surface area contributed by atoms with Crippen LogP contribution in [-0.4, -0.2) is 26.8 Å². The third kappa shape index (κ3) is 4.47. The Balaban J connectivity index is 1.95. The number of carboxylic acid groups (broad SMARTS) is 1. The summed E-state index contributed by atoms with van der Waals surface area (Å²) in [6.45, 7) is 7.33. The van der Waals surface area contributed by atoms with E-state index in [2.05, 4.69) is 36.4 Å². The van der Waals surface area contributed by atoms with Crippen molar-refractivity contribution in [3.8, 4) is 0 Å². The van der Waals surface area contributed by atoms with E-state index in [1.54, 1.807) is 13.8 Å². The van der Waals surface area contributed by atoms with Gasteiger partial charge in [-0.15, -0.1) is 0 Å². The Hall–Kier alpha value is -2.63. The van der Waals surface area contributed by atoms with E-state index < -0.39 is 11.5 Å². The second kappa shape index (κ2) is 7.09. The molecular formula is C19H25N3O3. The topological polar surface area (TPSA) is 84.2 Å². The Morgan fingerprint density at radius 1 is 1.16 bits per heavy atom. The smallest absolute Gasteiger partial charge is 0.331 e. The van der Waals surface area contributed by atoms with Gasteiger partial charge in [-0.1, -0.05) is 44.2 Å². The number of carboxylic acids is 1. The van der Waals surface area contributed by atoms with Gasteiger partial charge in [-0.2, -0.15) is 5.10 Å². The molecule has 0 aliphatic carbocycles. The number of aliphatic carboxylic acids is 1. The summed E-state index contributed by atoms with van der Waals surface area (Å²) < 4.78 is 1.33. The molecule has 1 amide bonds. The number of hydrogen-bond donors (Lipinski definition) is 2. The predicted octanol–water partition coefficient (Wildman–Crippen LogP) is 3.40. The van der Waals surface area contributed by atoms with Crippen LogP contribution in [0.4, 0.5) is 5.69 Å². The summed E-state index contributed by atoms with van der Waals surface area (Å²) in [5, 5.41) is 16.0. The van der Waals surface area contributed by atoms with Crippen LogP contribution in [0.25, 0.3) is 0 Å². The highest BCUT2D eigenvalue weighted by molar-refractivity contribution is 5.90. The predicted molar refractivity (Wildman–Crippen MR) is 96.5 cm³/mol. The van der Waals surface area contributed by atoms with Gasteiger partial charge >= 0.3 is 5.97 Å². The Bertz CT molecular complexity index is 748. The number of hydrogen-bond acceptors (Lipinski definition) is 3. The molecule has 0 saturated carbocycles. The fourth-order valence-corrected chi connectivity index (χ4v) is 2.47. The molecule has 2 N–H and O–H groups in total. The van der Waals surface area contributed by atoms with E-state index >= 15 is 0 Å². The molecule has 0 radical (unpaired) electrons. The number of anilines is 1. The van der Waals surface area contributed by atoms with Crippen molar-refractivity contribution in [1.29, 1.82) is 0 Å². The number of nitrogens with zero attached hydrogens (tertiary/aromatic N) is 2. The van der Waals surface area contributed by atoms with Crippen LogP contribution in [-0.2, 0) is 20.5 Å². The van der Waals surface area contributed by atoms with E-state index in [1.807, 2.05) is 18.2 Å². The van der Waals surface area contributed by atoms with Gasteiger partial charge in [0.15, 0.2) is 5.54 Å². The first-order valence-corrected chi connectivity index (χ1v) is 8.27. The van der Waals surface area contributed by atoms with Gasteiger partial charge in [0.05, 0.1) is 11.9 Å². The fourth-order valence-electron chi connectivity index (χ4n) is 2.47. The molecule has 134 valence electrons. The maximum Gasteiger partial charge on any atom is 0.331 e. The van der Waals surface area contributed by atoms with Crippen LogP contribution in [0.5, 0.6) is 0 Å². The highest BCUT2D eigenvalue weighted by Crippen LogP contribution is 2.28. The van der Waals surface area contributed by atoms with Crippen molar-refractivity contribution in [2.45, 2.75) is 51.5 Å². The molecule has 0 unspecified atom stereocenters. The zero-order valence-corrected chi connectivity index (χ0v) is 15.1. The van der Waals surface area contributed by atoms with Gasteiger partial charge in [0.25, 0.3) is 0 Å². The molecule has 0 aliphatic heterocycles. The number of benzene rings is 1. The average Bonchev–Trinajstić information content (AvgIpc) is 3.03. The molecule has 1 aromatic heterocycles. The van der Waals surface area contributed by atoms with Crippen molar-refractivity contribution < 1.29 is 14.7 Å². The first-order chi connectivity index (χ1) is 11.6. The lowest BCUT2D eigenvalue weighted by atomic mass is 9.80. The van der Waals surface area contributed by atoms with Crippen LogP contribution in [0, 0.1) is 0 Å². The minimum Gasteiger partial charge on any atom is -0.479 e. The maximum absolute atomic E-state index is 12.2. The molecule has 6 heteroatoms. The van der Waals surface area contributed by atoms with E-state index in [0.29, 0.717) is 18.5 Å². The number of rotatable bonds is 7. The van der Waals surface area contributed by atoms with Gasteiger partial charge in [-0.3, -0.25) is 9.48 Å². The molecule has 0 aliphatic rings. The summed E-state index contributed by atoms with van der Waals surface area (Å²) in [7, 11) is 0. The van der Waals surface area contributed by atoms with Gasteiger partial charge in [0, 0.05) is 12.6 Å². The van der Waals surface area contributed by atoms with Crippen LogP contribution < -0.4 is 5.32 Å². The number of carbonyl (C=O) groups is 2. The normalized spacial score (nSPS) is 12.0. The Labute approximate surface area is 147 Å². The Morgan fingerprint density at radius 2 is 1.80 bits per heavy atom. The van der Waals surface area contributed by atoms with Crippen LogP contribution in [0.1, 0.15) is 46.1 Å². The molecule has 0 fully saturated rings. The third-order valence-corrected chi connectivity index (χ3v) is 4.49. The molecular weight excluding hydrogens is 318 g/mol. The van der Waals surface area contributed by atoms with Crippen LogP contribution in [0.2, 0.25) is 0 Å². The number of aromatic nitrogens is 2. The minimum atomic E-state index is -1.17. The van der Waals surface area contributed by atoms with Gasteiger partial charge in [-0.25, -0.2) is 4.79 Å². The van der Waals surface area contributed by atoms with E-state index in [0.717, 1.165) is 0 Å². The molecule has 2 aromatic rings. The zero-order chi connectivity index (χ0) is 18.7. The molecule has 1 heterocycles. The molecule has 0 spiro atoms. The summed E-state index contributed by atoms with van der Waals surface area (Å²) in [4.78, 5) is 23.5. The third-order valence-electron chi connectivity index (χ3n) is 4.49. The molecule has 0 atom stereocenters. The Kier molecular flexibility index (Phi) is 5.30. The molecule has 0 bridgehead atoms. The average molecular weight is 343 g/mol. The van der Waals surface area contributed by atoms with E-state index in [9.17, 15) is 14.7 Å². The molecule has 2 rings (SSSR count). The maximum atomic E-state index is 12.2. The SMILES string of the molecule is CC(C)(CCC(=O)Nc1cnn(C(C)(C)C(=O)O)c1)c1ccccc1. The summed E-state index contributed by atoms with van der Waals surface area (Å²) in [5.74, 6) is -1.10. The number of nitrogens with one attached hydrogen (secondary N) is 1. The largest absolute Gasteiger partial charge is 0.479 e. The minimum absolute atomic E-state index is 0.103. The first kappa shape index (κ1) is 18.7. The highest BCUT2D eigenvalue weighted by atomic mass is 16.4. The lowest BCUT2D eigenvalue weighted by molar-refractivity contribution is -0.146. The first-order valence-electron chi connectivity index (χ1n) is 8.27. The van der Waals surface area contributed by atoms with Gasteiger partial charge in [0.2, 0.25) is 5.91 Å². The summed E-state index contributed by atoms with van der Waals surface area (Å²) >= 11 is 0.